The number of hydrogen-bond acceptors (Lipinski definition) is 6. The predicted molar refractivity (Wildman–Crippen MR) is 101 cm³/mol. The van der Waals surface area contributed by atoms with Crippen molar-refractivity contribution in [2.24, 2.45) is 10.1 Å². The van der Waals surface area contributed by atoms with Crippen molar-refractivity contribution in [1.29, 1.82) is 0 Å². The molecule has 0 amide bonds. The highest BCUT2D eigenvalue weighted by atomic mass is 32.1. The van der Waals surface area contributed by atoms with Crippen LogP contribution in [0, 0.1) is 0 Å². The molecule has 0 fully saturated rings. The van der Waals surface area contributed by atoms with Gasteiger partial charge in [-0.25, -0.2) is 9.67 Å². The zero-order valence-corrected chi connectivity index (χ0v) is 14.4. The monoisotopic (exact) mass is 362 g/mol. The molecule has 0 saturated heterocycles. The maximum Gasteiger partial charge on any atom is 0.211 e. The molecule has 0 spiro atoms. The highest BCUT2D eigenvalue weighted by Crippen LogP contribution is 2.21. The second kappa shape index (κ2) is 7.20. The van der Waals surface area contributed by atoms with Crippen molar-refractivity contribution in [3.05, 3.63) is 82.9 Å². The highest BCUT2D eigenvalue weighted by molar-refractivity contribution is 7.07. The molecule has 0 aliphatic rings. The Bertz CT molecular complexity index is 1080. The van der Waals surface area contributed by atoms with Crippen LogP contribution in [0.5, 0.6) is 5.75 Å². The fourth-order valence-corrected chi connectivity index (χ4v) is 3.14. The van der Waals surface area contributed by atoms with E-state index >= 15 is 0 Å². The van der Waals surface area contributed by atoms with E-state index in [4.69, 9.17) is 4.42 Å². The number of furan rings is 1. The molecule has 6 nitrogen and oxygen atoms in total. The standard InChI is InChI=1S/C19H14N4O2S/c24-16-7-5-14(6-8-16)11-21-23-17(18-4-2-10-25-18)13-26-19(23)22-15-3-1-9-20-12-15/h1-13,24H/b21-11+,22-19?. The van der Waals surface area contributed by atoms with Gasteiger partial charge in [-0.2, -0.15) is 5.10 Å². The molecule has 0 saturated carbocycles. The first-order chi connectivity index (χ1) is 12.8. The Kier molecular flexibility index (Phi) is 4.44. The average molecular weight is 362 g/mol. The molecule has 128 valence electrons. The van der Waals surface area contributed by atoms with Crippen molar-refractivity contribution in [2.45, 2.75) is 0 Å². The molecule has 0 aliphatic carbocycles. The number of hydrogen-bond donors (Lipinski definition) is 1. The van der Waals surface area contributed by atoms with Crippen LogP contribution in [0.2, 0.25) is 0 Å². The van der Waals surface area contributed by atoms with Gasteiger partial charge < -0.3 is 9.52 Å². The van der Waals surface area contributed by atoms with Gasteiger partial charge in [-0.1, -0.05) is 0 Å². The van der Waals surface area contributed by atoms with Gasteiger partial charge in [0, 0.05) is 11.6 Å². The zero-order valence-electron chi connectivity index (χ0n) is 13.6. The first kappa shape index (κ1) is 16.0. The molecule has 1 N–H and O–H groups in total. The number of rotatable bonds is 4. The summed E-state index contributed by atoms with van der Waals surface area (Å²) in [4.78, 5) is 9.41. The van der Waals surface area contributed by atoms with Crippen LogP contribution >= 0.6 is 11.3 Å². The van der Waals surface area contributed by atoms with E-state index in [1.54, 1.807) is 53.8 Å². The Balaban J connectivity index is 1.81. The third kappa shape index (κ3) is 3.47. The summed E-state index contributed by atoms with van der Waals surface area (Å²) >= 11 is 1.46. The van der Waals surface area contributed by atoms with E-state index in [0.29, 0.717) is 10.6 Å². The lowest BCUT2D eigenvalue weighted by atomic mass is 10.2. The number of nitrogens with zero attached hydrogens (tertiary/aromatic N) is 4. The van der Waals surface area contributed by atoms with Gasteiger partial charge in [0.2, 0.25) is 4.80 Å². The maximum absolute atomic E-state index is 9.40. The topological polar surface area (TPSA) is 75.9 Å². The van der Waals surface area contributed by atoms with E-state index in [-0.39, 0.29) is 5.75 Å². The van der Waals surface area contributed by atoms with Crippen molar-refractivity contribution in [1.82, 2.24) is 9.66 Å². The molecule has 3 heterocycles. The Hall–Kier alpha value is -3.45. The largest absolute Gasteiger partial charge is 0.508 e. The van der Waals surface area contributed by atoms with Crippen LogP contribution in [0.25, 0.3) is 11.5 Å². The fourth-order valence-electron chi connectivity index (χ4n) is 2.30. The summed E-state index contributed by atoms with van der Waals surface area (Å²) in [6, 6.07) is 14.2. The van der Waals surface area contributed by atoms with E-state index in [0.717, 1.165) is 16.9 Å². The van der Waals surface area contributed by atoms with Crippen molar-refractivity contribution in [2.75, 3.05) is 0 Å². The number of phenolic OH excluding ortho intramolecular Hbond substituents is 1. The van der Waals surface area contributed by atoms with Crippen LogP contribution in [0.4, 0.5) is 5.69 Å². The van der Waals surface area contributed by atoms with Gasteiger partial charge in [-0.15, -0.1) is 11.3 Å². The zero-order chi connectivity index (χ0) is 17.8. The number of thiazole rings is 1. The van der Waals surface area contributed by atoms with Gasteiger partial charge >= 0.3 is 0 Å². The van der Waals surface area contributed by atoms with Crippen LogP contribution in [0.15, 0.2) is 87.1 Å². The number of phenols is 1. The van der Waals surface area contributed by atoms with Gasteiger partial charge in [0.15, 0.2) is 5.76 Å². The molecule has 0 bridgehead atoms. The molecule has 7 heteroatoms. The lowest BCUT2D eigenvalue weighted by Crippen LogP contribution is -2.11. The average Bonchev–Trinajstić information content (AvgIpc) is 3.32. The molecule has 1 aromatic carbocycles. The van der Waals surface area contributed by atoms with Crippen molar-refractivity contribution in [3.8, 4) is 17.2 Å². The van der Waals surface area contributed by atoms with Gasteiger partial charge in [-0.3, -0.25) is 4.98 Å². The van der Waals surface area contributed by atoms with Crippen molar-refractivity contribution >= 4 is 23.2 Å². The number of aromatic hydroxyl groups is 1. The lowest BCUT2D eigenvalue weighted by Gasteiger charge is -2.01. The number of pyridine rings is 1. The molecule has 4 rings (SSSR count). The van der Waals surface area contributed by atoms with Crippen LogP contribution in [0.1, 0.15) is 5.56 Å². The maximum atomic E-state index is 9.40. The Morgan fingerprint density at radius 3 is 2.73 bits per heavy atom. The minimum absolute atomic E-state index is 0.217. The second-order valence-electron chi connectivity index (χ2n) is 5.35. The van der Waals surface area contributed by atoms with Crippen molar-refractivity contribution in [3.63, 3.8) is 0 Å². The number of benzene rings is 1. The first-order valence-corrected chi connectivity index (χ1v) is 8.70. The van der Waals surface area contributed by atoms with E-state index < -0.39 is 0 Å². The summed E-state index contributed by atoms with van der Waals surface area (Å²) in [6.45, 7) is 0. The summed E-state index contributed by atoms with van der Waals surface area (Å²) in [6.07, 6.45) is 6.74. The quantitative estimate of drug-likeness (QED) is 0.557. The van der Waals surface area contributed by atoms with Crippen LogP contribution < -0.4 is 4.80 Å². The molecule has 26 heavy (non-hydrogen) atoms. The van der Waals surface area contributed by atoms with Crippen LogP contribution in [-0.4, -0.2) is 21.0 Å². The molecular weight excluding hydrogens is 348 g/mol. The molecule has 0 aliphatic heterocycles. The van der Waals surface area contributed by atoms with Crippen LogP contribution in [-0.2, 0) is 0 Å². The van der Waals surface area contributed by atoms with Gasteiger partial charge in [0.25, 0.3) is 0 Å². The third-order valence-electron chi connectivity index (χ3n) is 3.55. The molecular formula is C19H14N4O2S. The third-order valence-corrected chi connectivity index (χ3v) is 4.36. The van der Waals surface area contributed by atoms with E-state index in [9.17, 15) is 5.11 Å². The minimum atomic E-state index is 0.217. The Labute approximate surface area is 153 Å². The molecule has 4 aromatic rings. The molecule has 3 aromatic heterocycles. The minimum Gasteiger partial charge on any atom is -0.508 e. The first-order valence-electron chi connectivity index (χ1n) is 7.82. The van der Waals surface area contributed by atoms with E-state index in [1.165, 1.54) is 11.3 Å². The van der Waals surface area contributed by atoms with Crippen LogP contribution in [0.3, 0.4) is 0 Å². The highest BCUT2D eigenvalue weighted by Gasteiger charge is 2.10. The SMILES string of the molecule is Oc1ccc(/C=N/n2c(-c3ccco3)csc2=Nc2cccnc2)cc1. The second-order valence-corrected chi connectivity index (χ2v) is 6.19. The predicted octanol–water partition coefficient (Wildman–Crippen LogP) is 4.02. The fraction of sp³-hybridized carbons (Fsp3) is 0. The molecule has 0 unspecified atom stereocenters. The molecule has 0 atom stereocenters. The summed E-state index contributed by atoms with van der Waals surface area (Å²) in [7, 11) is 0. The normalized spacial score (nSPS) is 12.1. The smallest absolute Gasteiger partial charge is 0.211 e. The summed E-state index contributed by atoms with van der Waals surface area (Å²) < 4.78 is 7.24. The number of aromatic nitrogens is 2. The van der Waals surface area contributed by atoms with Gasteiger partial charge in [-0.05, 0) is 54.1 Å². The summed E-state index contributed by atoms with van der Waals surface area (Å²) in [5.41, 5.74) is 2.41. The van der Waals surface area contributed by atoms with Crippen molar-refractivity contribution < 1.29 is 9.52 Å². The summed E-state index contributed by atoms with van der Waals surface area (Å²) in [5.74, 6) is 0.922. The summed E-state index contributed by atoms with van der Waals surface area (Å²) in [5, 5.41) is 15.9. The van der Waals surface area contributed by atoms with E-state index in [1.807, 2.05) is 29.6 Å². The Morgan fingerprint density at radius 1 is 1.12 bits per heavy atom. The lowest BCUT2D eigenvalue weighted by molar-refractivity contribution is 0.475. The van der Waals surface area contributed by atoms with E-state index in [2.05, 4.69) is 15.1 Å². The van der Waals surface area contributed by atoms with Gasteiger partial charge in [0.1, 0.15) is 11.4 Å². The van der Waals surface area contributed by atoms with Gasteiger partial charge in [0.05, 0.1) is 24.4 Å². The molecule has 0 radical (unpaired) electrons. The Morgan fingerprint density at radius 2 is 2.00 bits per heavy atom.